The van der Waals surface area contributed by atoms with E-state index in [0.717, 1.165) is 6.42 Å². The Morgan fingerprint density at radius 1 is 1.29 bits per heavy atom. The number of hydrogen-bond donors (Lipinski definition) is 0. The van der Waals surface area contributed by atoms with Crippen molar-refractivity contribution in [2.75, 3.05) is 6.61 Å². The van der Waals surface area contributed by atoms with E-state index in [1.807, 2.05) is 0 Å². The number of ether oxygens (including phenoxy) is 1. The second-order valence-electron chi connectivity index (χ2n) is 4.57. The lowest BCUT2D eigenvalue weighted by atomic mass is 9.84. The van der Waals surface area contributed by atoms with Gasteiger partial charge in [-0.25, -0.2) is 0 Å². The van der Waals surface area contributed by atoms with Gasteiger partial charge in [-0.3, -0.25) is 9.59 Å². The third-order valence-corrected chi connectivity index (χ3v) is 3.17. The van der Waals surface area contributed by atoms with Crippen LogP contribution in [0.25, 0.3) is 0 Å². The fourth-order valence-electron chi connectivity index (χ4n) is 2.22. The summed E-state index contributed by atoms with van der Waals surface area (Å²) in [5, 5.41) is 0. The Morgan fingerprint density at radius 2 is 1.94 bits per heavy atom. The normalized spacial score (nSPS) is 16.1. The van der Waals surface area contributed by atoms with E-state index in [2.05, 4.69) is 12.3 Å². The van der Waals surface area contributed by atoms with Crippen LogP contribution in [0.1, 0.15) is 45.4 Å². The molecule has 3 nitrogen and oxygen atoms in total. The molecule has 0 spiro atoms. The van der Waals surface area contributed by atoms with Gasteiger partial charge in [0.25, 0.3) is 0 Å². The molecule has 17 heavy (non-hydrogen) atoms. The minimum absolute atomic E-state index is 0.166. The zero-order valence-corrected chi connectivity index (χ0v) is 10.5. The number of hydrogen-bond acceptors (Lipinski definition) is 3. The molecule has 0 aromatic heterocycles. The van der Waals surface area contributed by atoms with Crippen LogP contribution >= 0.6 is 0 Å². The highest BCUT2D eigenvalue weighted by atomic mass is 16.5. The number of carbonyl (C=O) groups excluding carboxylic acids is 2. The fourth-order valence-corrected chi connectivity index (χ4v) is 2.22. The van der Waals surface area contributed by atoms with Crippen molar-refractivity contribution in [2.45, 2.75) is 45.4 Å². The van der Waals surface area contributed by atoms with Crippen LogP contribution in [0, 0.1) is 5.92 Å². The smallest absolute Gasteiger partial charge is 0.303 e. The van der Waals surface area contributed by atoms with Crippen molar-refractivity contribution in [3.05, 3.63) is 17.9 Å². The zero-order valence-electron chi connectivity index (χ0n) is 10.5. The molecule has 0 aromatic rings. The molecule has 0 unspecified atom stereocenters. The Kier molecular flexibility index (Phi) is 5.71. The highest BCUT2D eigenvalue weighted by molar-refractivity contribution is 5.96. The van der Waals surface area contributed by atoms with Gasteiger partial charge >= 0.3 is 5.97 Å². The molecule has 1 aliphatic carbocycles. The standard InChI is InChI=1S/C14H20O3/c1-3-13(14(16)10-17-11(2)15)9-12-7-5-4-6-8-12/h12H,1,4-10H2,2H3. The van der Waals surface area contributed by atoms with E-state index in [1.165, 1.54) is 39.0 Å². The van der Waals surface area contributed by atoms with Gasteiger partial charge in [-0.05, 0) is 12.3 Å². The maximum atomic E-state index is 11.7. The van der Waals surface area contributed by atoms with E-state index >= 15 is 0 Å². The fraction of sp³-hybridized carbons (Fsp3) is 0.643. The van der Waals surface area contributed by atoms with Gasteiger partial charge < -0.3 is 4.74 Å². The molecule has 94 valence electrons. The van der Waals surface area contributed by atoms with Crippen LogP contribution < -0.4 is 0 Å². The number of carbonyl (C=O) groups is 2. The Hall–Kier alpha value is -1.34. The van der Waals surface area contributed by atoms with Crippen molar-refractivity contribution in [3.8, 4) is 0 Å². The first-order chi connectivity index (χ1) is 8.13. The molecule has 1 aliphatic rings. The zero-order chi connectivity index (χ0) is 12.7. The molecule has 0 aromatic carbocycles. The molecule has 0 radical (unpaired) electrons. The van der Waals surface area contributed by atoms with Crippen molar-refractivity contribution in [2.24, 2.45) is 5.92 Å². The van der Waals surface area contributed by atoms with Crippen LogP contribution in [0.4, 0.5) is 0 Å². The summed E-state index contributed by atoms with van der Waals surface area (Å²) >= 11 is 0. The van der Waals surface area contributed by atoms with Gasteiger partial charge in [0.15, 0.2) is 6.61 Å². The molecule has 0 N–H and O–H groups in total. The quantitative estimate of drug-likeness (QED) is 0.419. The largest absolute Gasteiger partial charge is 0.457 e. The minimum Gasteiger partial charge on any atom is -0.457 e. The van der Waals surface area contributed by atoms with Crippen molar-refractivity contribution in [3.63, 3.8) is 0 Å². The Labute approximate surface area is 103 Å². The van der Waals surface area contributed by atoms with Crippen LogP contribution in [0.3, 0.4) is 0 Å². The number of rotatable bonds is 5. The summed E-state index contributed by atoms with van der Waals surface area (Å²) in [6.45, 7) is 4.67. The highest BCUT2D eigenvalue weighted by Crippen LogP contribution is 2.28. The maximum Gasteiger partial charge on any atom is 0.303 e. The Morgan fingerprint density at radius 3 is 2.47 bits per heavy atom. The summed E-state index contributed by atoms with van der Waals surface area (Å²) in [5.41, 5.74) is 3.28. The monoisotopic (exact) mass is 236 g/mol. The number of Topliss-reactive ketones (excluding diaryl/α,β-unsaturated/α-hetero) is 1. The SMILES string of the molecule is C=C=C(CC1CCCCC1)C(=O)COC(C)=O. The summed E-state index contributed by atoms with van der Waals surface area (Å²) in [4.78, 5) is 22.4. The van der Waals surface area contributed by atoms with Gasteiger partial charge in [0.05, 0.1) is 0 Å². The molecule has 0 heterocycles. The highest BCUT2D eigenvalue weighted by Gasteiger charge is 2.19. The van der Waals surface area contributed by atoms with E-state index in [1.54, 1.807) is 0 Å². The third-order valence-electron chi connectivity index (χ3n) is 3.17. The second kappa shape index (κ2) is 7.08. The first-order valence-electron chi connectivity index (χ1n) is 6.19. The Balaban J connectivity index is 2.44. The average molecular weight is 236 g/mol. The number of ketones is 1. The molecule has 0 bridgehead atoms. The van der Waals surface area contributed by atoms with Crippen LogP contribution in [-0.2, 0) is 14.3 Å². The predicted octanol–water partition coefficient (Wildman–Crippen LogP) is 2.80. The van der Waals surface area contributed by atoms with Gasteiger partial charge in [0.1, 0.15) is 0 Å². The van der Waals surface area contributed by atoms with Crippen molar-refractivity contribution < 1.29 is 14.3 Å². The van der Waals surface area contributed by atoms with Gasteiger partial charge in [0.2, 0.25) is 5.78 Å². The van der Waals surface area contributed by atoms with Gasteiger partial charge in [-0.2, -0.15) is 0 Å². The van der Waals surface area contributed by atoms with Crippen molar-refractivity contribution >= 4 is 11.8 Å². The maximum absolute atomic E-state index is 11.7. The summed E-state index contributed by atoms with van der Waals surface area (Å²) in [6, 6.07) is 0. The van der Waals surface area contributed by atoms with Crippen LogP contribution in [0.2, 0.25) is 0 Å². The van der Waals surface area contributed by atoms with E-state index in [4.69, 9.17) is 4.74 Å². The summed E-state index contributed by atoms with van der Waals surface area (Å²) in [5.74, 6) is -0.0329. The molecule has 0 saturated heterocycles. The van der Waals surface area contributed by atoms with Gasteiger partial charge in [-0.15, -0.1) is 5.73 Å². The minimum atomic E-state index is -0.431. The summed E-state index contributed by atoms with van der Waals surface area (Å²) in [7, 11) is 0. The second-order valence-corrected chi connectivity index (χ2v) is 4.57. The van der Waals surface area contributed by atoms with Gasteiger partial charge in [-0.1, -0.05) is 38.7 Å². The average Bonchev–Trinajstić information content (AvgIpc) is 2.34. The molecule has 1 fully saturated rings. The lowest BCUT2D eigenvalue weighted by Gasteiger charge is -2.21. The topological polar surface area (TPSA) is 43.4 Å². The van der Waals surface area contributed by atoms with Crippen molar-refractivity contribution in [1.82, 2.24) is 0 Å². The Bertz CT molecular complexity index is 331. The molecule has 0 amide bonds. The first-order valence-corrected chi connectivity index (χ1v) is 6.19. The molecule has 3 heteroatoms. The van der Waals surface area contributed by atoms with E-state index < -0.39 is 5.97 Å². The molecule has 0 aliphatic heterocycles. The lowest BCUT2D eigenvalue weighted by molar-refractivity contribution is -0.144. The van der Waals surface area contributed by atoms with E-state index in [9.17, 15) is 9.59 Å². The third kappa shape index (κ3) is 5.01. The summed E-state index contributed by atoms with van der Waals surface area (Å²) in [6.07, 6.45) is 6.85. The predicted molar refractivity (Wildman–Crippen MR) is 65.5 cm³/mol. The molecule has 1 saturated carbocycles. The molecule has 1 rings (SSSR count). The molecular formula is C14H20O3. The van der Waals surface area contributed by atoms with Crippen molar-refractivity contribution in [1.29, 1.82) is 0 Å². The van der Waals surface area contributed by atoms with E-state index in [0.29, 0.717) is 11.5 Å². The van der Waals surface area contributed by atoms with Crippen LogP contribution in [0.15, 0.2) is 17.9 Å². The summed E-state index contributed by atoms with van der Waals surface area (Å²) < 4.78 is 4.70. The van der Waals surface area contributed by atoms with Gasteiger partial charge in [0, 0.05) is 12.5 Å². The number of esters is 1. The van der Waals surface area contributed by atoms with Crippen LogP contribution in [0.5, 0.6) is 0 Å². The molecule has 0 atom stereocenters. The lowest BCUT2D eigenvalue weighted by Crippen LogP contribution is -2.16. The van der Waals surface area contributed by atoms with E-state index in [-0.39, 0.29) is 12.4 Å². The first kappa shape index (κ1) is 13.7. The van der Waals surface area contributed by atoms with Crippen LogP contribution in [-0.4, -0.2) is 18.4 Å². The molecular weight excluding hydrogens is 216 g/mol.